The molecule has 1 aliphatic rings. The van der Waals surface area contributed by atoms with Gasteiger partial charge in [-0.3, -0.25) is 9.59 Å². The summed E-state index contributed by atoms with van der Waals surface area (Å²) in [6, 6.07) is 3.39. The number of carbonyl (C=O) groups excluding carboxylic acids is 1. The molecule has 0 spiro atoms. The van der Waals surface area contributed by atoms with Crippen LogP contribution in [0.15, 0.2) is 27.7 Å². The zero-order valence-electron chi connectivity index (χ0n) is 12.0. The predicted octanol–water partition coefficient (Wildman–Crippen LogP) is 1.66. The highest BCUT2D eigenvalue weighted by Crippen LogP contribution is 2.35. The van der Waals surface area contributed by atoms with E-state index >= 15 is 0 Å². The fraction of sp³-hybridized carbons (Fsp3) is 0.400. The number of aromatic amines is 1. The maximum atomic E-state index is 12.1. The number of furan rings is 1. The van der Waals surface area contributed by atoms with Crippen molar-refractivity contribution in [1.29, 1.82) is 0 Å². The Labute approximate surface area is 121 Å². The van der Waals surface area contributed by atoms with Gasteiger partial charge in [0, 0.05) is 18.0 Å². The number of nitrogens with zero attached hydrogens (tertiary/aromatic N) is 1. The van der Waals surface area contributed by atoms with Gasteiger partial charge < -0.3 is 14.7 Å². The Morgan fingerprint density at radius 2 is 2.14 bits per heavy atom. The van der Waals surface area contributed by atoms with Crippen LogP contribution in [-0.4, -0.2) is 21.9 Å². The highest BCUT2D eigenvalue weighted by Gasteiger charge is 2.33. The summed E-state index contributed by atoms with van der Waals surface area (Å²) in [5, 5.41) is 2.99. The Morgan fingerprint density at radius 1 is 1.38 bits per heavy atom. The monoisotopic (exact) mass is 287 g/mol. The van der Waals surface area contributed by atoms with Gasteiger partial charge in [-0.2, -0.15) is 0 Å². The molecule has 21 heavy (non-hydrogen) atoms. The van der Waals surface area contributed by atoms with Crippen molar-refractivity contribution in [1.82, 2.24) is 15.3 Å². The summed E-state index contributed by atoms with van der Waals surface area (Å²) in [5.74, 6) is 1.51. The van der Waals surface area contributed by atoms with Crippen molar-refractivity contribution in [3.05, 3.63) is 51.6 Å². The number of hydrogen-bond donors (Lipinski definition) is 2. The van der Waals surface area contributed by atoms with Gasteiger partial charge in [0.25, 0.3) is 11.5 Å². The van der Waals surface area contributed by atoms with Crippen LogP contribution in [0, 0.1) is 13.8 Å². The quantitative estimate of drug-likeness (QED) is 0.898. The third-order valence-electron chi connectivity index (χ3n) is 3.88. The summed E-state index contributed by atoms with van der Waals surface area (Å²) < 4.78 is 5.36. The summed E-state index contributed by atoms with van der Waals surface area (Å²) in [6.07, 6.45) is 3.03. The Morgan fingerprint density at radius 3 is 2.76 bits per heavy atom. The first-order valence-electron chi connectivity index (χ1n) is 6.95. The number of H-pyrrole nitrogens is 1. The van der Waals surface area contributed by atoms with Crippen LogP contribution >= 0.6 is 0 Å². The van der Waals surface area contributed by atoms with Gasteiger partial charge in [0.1, 0.15) is 11.5 Å². The number of nitrogens with one attached hydrogen (secondary N) is 2. The lowest BCUT2D eigenvalue weighted by atomic mass is 9.78. The van der Waals surface area contributed by atoms with Crippen molar-refractivity contribution < 1.29 is 9.21 Å². The fourth-order valence-electron chi connectivity index (χ4n) is 2.70. The molecule has 0 atom stereocenters. The highest BCUT2D eigenvalue weighted by atomic mass is 16.3. The number of aromatic nitrogens is 2. The second-order valence-electron chi connectivity index (χ2n) is 5.50. The standard InChI is InChI=1S/C15H17N3O3/c1-8-3-12(9(2)21-8)15(20)18-11-4-10(5-11)13-6-14(19)17-7-16-13/h3,6-7,10-11H,4-5H2,1-2H3,(H,18,20)(H,16,17,19). The van der Waals surface area contributed by atoms with Gasteiger partial charge in [-0.25, -0.2) is 4.98 Å². The molecule has 1 saturated carbocycles. The Balaban J connectivity index is 1.59. The van der Waals surface area contributed by atoms with Crippen molar-refractivity contribution >= 4 is 5.91 Å². The maximum Gasteiger partial charge on any atom is 0.255 e. The molecule has 6 heteroatoms. The van der Waals surface area contributed by atoms with Crippen molar-refractivity contribution in [3.8, 4) is 0 Å². The lowest BCUT2D eigenvalue weighted by Gasteiger charge is -2.35. The topological polar surface area (TPSA) is 88.0 Å². The van der Waals surface area contributed by atoms with Crippen molar-refractivity contribution in [3.63, 3.8) is 0 Å². The van der Waals surface area contributed by atoms with Gasteiger partial charge in [0.05, 0.1) is 17.6 Å². The average molecular weight is 287 g/mol. The molecule has 2 aromatic heterocycles. The molecule has 0 bridgehead atoms. The smallest absolute Gasteiger partial charge is 0.255 e. The highest BCUT2D eigenvalue weighted by molar-refractivity contribution is 5.95. The third-order valence-corrected chi connectivity index (χ3v) is 3.88. The van der Waals surface area contributed by atoms with E-state index in [1.165, 1.54) is 12.4 Å². The van der Waals surface area contributed by atoms with Gasteiger partial charge in [0.2, 0.25) is 0 Å². The van der Waals surface area contributed by atoms with Gasteiger partial charge in [-0.05, 0) is 32.8 Å². The molecule has 1 amide bonds. The first-order valence-corrected chi connectivity index (χ1v) is 6.95. The third kappa shape index (κ3) is 2.74. The van der Waals surface area contributed by atoms with E-state index < -0.39 is 0 Å². The Hall–Kier alpha value is -2.37. The van der Waals surface area contributed by atoms with E-state index in [2.05, 4.69) is 15.3 Å². The van der Waals surface area contributed by atoms with Gasteiger partial charge in [-0.15, -0.1) is 0 Å². The molecule has 0 saturated heterocycles. The maximum absolute atomic E-state index is 12.1. The normalized spacial score (nSPS) is 20.9. The number of amides is 1. The number of carbonyl (C=O) groups is 1. The molecule has 2 aromatic rings. The van der Waals surface area contributed by atoms with Crippen molar-refractivity contribution in [2.24, 2.45) is 0 Å². The molecule has 3 rings (SSSR count). The molecule has 2 N–H and O–H groups in total. The zero-order valence-corrected chi connectivity index (χ0v) is 12.0. The second kappa shape index (κ2) is 5.20. The minimum absolute atomic E-state index is 0.105. The van der Waals surface area contributed by atoms with Crippen LogP contribution in [-0.2, 0) is 0 Å². The molecule has 1 aliphatic carbocycles. The SMILES string of the molecule is Cc1cc(C(=O)NC2CC(c3cc(=O)[nH]cn3)C2)c(C)o1. The van der Waals surface area contributed by atoms with E-state index in [1.807, 2.05) is 6.92 Å². The fourth-order valence-corrected chi connectivity index (χ4v) is 2.70. The lowest BCUT2D eigenvalue weighted by molar-refractivity contribution is 0.0906. The first kappa shape index (κ1) is 13.6. The van der Waals surface area contributed by atoms with E-state index in [-0.39, 0.29) is 23.4 Å². The van der Waals surface area contributed by atoms with Crippen LogP contribution in [0.5, 0.6) is 0 Å². The molecule has 0 aliphatic heterocycles. The molecule has 0 unspecified atom stereocenters. The number of rotatable bonds is 3. The molecule has 0 aromatic carbocycles. The summed E-state index contributed by atoms with van der Waals surface area (Å²) >= 11 is 0. The molecular weight excluding hydrogens is 270 g/mol. The summed E-state index contributed by atoms with van der Waals surface area (Å²) in [7, 11) is 0. The van der Waals surface area contributed by atoms with Crippen molar-refractivity contribution in [2.75, 3.05) is 0 Å². The van der Waals surface area contributed by atoms with Crippen LogP contribution in [0.2, 0.25) is 0 Å². The van der Waals surface area contributed by atoms with Gasteiger partial charge in [-0.1, -0.05) is 0 Å². The van der Waals surface area contributed by atoms with Gasteiger partial charge >= 0.3 is 0 Å². The van der Waals surface area contributed by atoms with Crippen LogP contribution in [0.3, 0.4) is 0 Å². The van der Waals surface area contributed by atoms with Crippen LogP contribution < -0.4 is 10.9 Å². The van der Waals surface area contributed by atoms with Crippen LogP contribution in [0.1, 0.15) is 46.3 Å². The van der Waals surface area contributed by atoms with Crippen molar-refractivity contribution in [2.45, 2.75) is 38.6 Å². The lowest BCUT2D eigenvalue weighted by Crippen LogP contribution is -2.43. The van der Waals surface area contributed by atoms with E-state index in [0.717, 1.165) is 24.3 Å². The van der Waals surface area contributed by atoms with Gasteiger partial charge in [0.15, 0.2) is 0 Å². The summed E-state index contributed by atoms with van der Waals surface area (Å²) in [5.41, 5.74) is 1.24. The zero-order chi connectivity index (χ0) is 15.0. The van der Waals surface area contributed by atoms with E-state index in [9.17, 15) is 9.59 Å². The molecule has 110 valence electrons. The largest absolute Gasteiger partial charge is 0.466 e. The molecule has 2 heterocycles. The number of hydrogen-bond acceptors (Lipinski definition) is 4. The molecule has 0 radical (unpaired) electrons. The van der Waals surface area contributed by atoms with E-state index in [0.29, 0.717) is 11.3 Å². The average Bonchev–Trinajstić information content (AvgIpc) is 2.72. The Bertz CT molecular complexity index is 726. The summed E-state index contributed by atoms with van der Waals surface area (Å²) in [4.78, 5) is 30.0. The predicted molar refractivity (Wildman–Crippen MR) is 76.3 cm³/mol. The molecular formula is C15H17N3O3. The Kier molecular flexibility index (Phi) is 3.37. The van der Waals surface area contributed by atoms with Crippen LogP contribution in [0.25, 0.3) is 0 Å². The van der Waals surface area contributed by atoms with Crippen LogP contribution in [0.4, 0.5) is 0 Å². The minimum Gasteiger partial charge on any atom is -0.466 e. The summed E-state index contributed by atoms with van der Waals surface area (Å²) in [6.45, 7) is 3.60. The van der Waals surface area contributed by atoms with E-state index in [4.69, 9.17) is 4.42 Å². The first-order chi connectivity index (χ1) is 10.0. The number of aryl methyl sites for hydroxylation is 2. The van der Waals surface area contributed by atoms with E-state index in [1.54, 1.807) is 13.0 Å². The second-order valence-corrected chi connectivity index (χ2v) is 5.50. The molecule has 1 fully saturated rings. The molecule has 6 nitrogen and oxygen atoms in total. The minimum atomic E-state index is -0.142.